The normalized spacial score (nSPS) is 10.5. The number of ether oxygens (including phenoxy) is 1. The molecule has 19 heavy (non-hydrogen) atoms. The maximum absolute atomic E-state index is 10.8. The standard InChI is InChI=1S/C13H10Cl2O4/c1-7-8(4-12(19-7)13(16)17)6-18-11-3-2-9(14)5-10(11)15/h2-5H,6H2,1H3,(H,16,17). The number of carboxylic acids is 1. The number of carboxylic acid groups (broad SMARTS) is 1. The van der Waals surface area contributed by atoms with Crippen molar-refractivity contribution in [2.24, 2.45) is 0 Å². The second-order valence-corrected chi connectivity index (χ2v) is 4.70. The van der Waals surface area contributed by atoms with Gasteiger partial charge in [0.25, 0.3) is 0 Å². The van der Waals surface area contributed by atoms with Gasteiger partial charge in [-0.2, -0.15) is 0 Å². The van der Waals surface area contributed by atoms with E-state index in [1.54, 1.807) is 25.1 Å². The fourth-order valence-corrected chi connectivity index (χ4v) is 1.98. The lowest BCUT2D eigenvalue weighted by molar-refractivity contribution is 0.0661. The third-order valence-corrected chi connectivity index (χ3v) is 3.04. The molecule has 0 saturated heterocycles. The van der Waals surface area contributed by atoms with Crippen molar-refractivity contribution >= 4 is 29.2 Å². The van der Waals surface area contributed by atoms with Crippen molar-refractivity contribution in [1.29, 1.82) is 0 Å². The van der Waals surface area contributed by atoms with Crippen molar-refractivity contribution < 1.29 is 19.1 Å². The number of furan rings is 1. The van der Waals surface area contributed by atoms with Crippen LogP contribution >= 0.6 is 23.2 Å². The summed E-state index contributed by atoms with van der Waals surface area (Å²) in [7, 11) is 0. The summed E-state index contributed by atoms with van der Waals surface area (Å²) in [6.45, 7) is 1.85. The van der Waals surface area contributed by atoms with Gasteiger partial charge in [0.2, 0.25) is 5.76 Å². The molecule has 6 heteroatoms. The van der Waals surface area contributed by atoms with Crippen LogP contribution in [0.3, 0.4) is 0 Å². The van der Waals surface area contributed by atoms with E-state index in [1.165, 1.54) is 6.07 Å². The van der Waals surface area contributed by atoms with Gasteiger partial charge in [-0.05, 0) is 31.2 Å². The molecule has 0 spiro atoms. The minimum atomic E-state index is -1.11. The van der Waals surface area contributed by atoms with Gasteiger partial charge in [-0.15, -0.1) is 0 Å². The lowest BCUT2D eigenvalue weighted by Crippen LogP contribution is -1.96. The minimum Gasteiger partial charge on any atom is -0.487 e. The van der Waals surface area contributed by atoms with E-state index < -0.39 is 5.97 Å². The van der Waals surface area contributed by atoms with Crippen molar-refractivity contribution in [2.45, 2.75) is 13.5 Å². The Balaban J connectivity index is 2.12. The molecule has 2 aromatic rings. The van der Waals surface area contributed by atoms with Crippen molar-refractivity contribution in [3.63, 3.8) is 0 Å². The van der Waals surface area contributed by atoms with Gasteiger partial charge in [-0.1, -0.05) is 23.2 Å². The number of hydrogen-bond acceptors (Lipinski definition) is 3. The highest BCUT2D eigenvalue weighted by Crippen LogP contribution is 2.28. The first-order valence-corrected chi connectivity index (χ1v) is 6.13. The molecule has 0 saturated carbocycles. The first-order chi connectivity index (χ1) is 8.97. The Labute approximate surface area is 119 Å². The molecule has 0 fully saturated rings. The molecule has 4 nitrogen and oxygen atoms in total. The lowest BCUT2D eigenvalue weighted by atomic mass is 10.2. The maximum atomic E-state index is 10.8. The number of carbonyl (C=O) groups is 1. The average Bonchev–Trinajstić information content (AvgIpc) is 2.70. The Hall–Kier alpha value is -1.65. The van der Waals surface area contributed by atoms with Crippen molar-refractivity contribution in [3.8, 4) is 5.75 Å². The topological polar surface area (TPSA) is 59.7 Å². The summed E-state index contributed by atoms with van der Waals surface area (Å²) in [6.07, 6.45) is 0. The largest absolute Gasteiger partial charge is 0.487 e. The van der Waals surface area contributed by atoms with Crippen LogP contribution in [0.4, 0.5) is 0 Å². The second kappa shape index (κ2) is 5.55. The van der Waals surface area contributed by atoms with Gasteiger partial charge in [-0.3, -0.25) is 0 Å². The molecule has 100 valence electrons. The number of aryl methyl sites for hydroxylation is 1. The quantitative estimate of drug-likeness (QED) is 0.920. The van der Waals surface area contributed by atoms with Crippen LogP contribution in [-0.4, -0.2) is 11.1 Å². The Morgan fingerprint density at radius 1 is 1.37 bits per heavy atom. The molecule has 0 aliphatic carbocycles. The Kier molecular flexibility index (Phi) is 4.02. The summed E-state index contributed by atoms with van der Waals surface area (Å²) in [6, 6.07) is 6.32. The van der Waals surface area contributed by atoms with Gasteiger partial charge in [0.05, 0.1) is 5.02 Å². The predicted molar refractivity (Wildman–Crippen MR) is 71.2 cm³/mol. The number of aromatic carboxylic acids is 1. The Bertz CT molecular complexity index is 619. The lowest BCUT2D eigenvalue weighted by Gasteiger charge is -2.07. The molecule has 0 aliphatic rings. The van der Waals surface area contributed by atoms with Crippen LogP contribution < -0.4 is 4.74 Å². The molecule has 0 aliphatic heterocycles. The third-order valence-electron chi connectivity index (χ3n) is 2.51. The van der Waals surface area contributed by atoms with Crippen LogP contribution in [0.1, 0.15) is 21.9 Å². The van der Waals surface area contributed by atoms with E-state index in [9.17, 15) is 4.79 Å². The average molecular weight is 301 g/mol. The van der Waals surface area contributed by atoms with Gasteiger partial charge in [0.15, 0.2) is 0 Å². The predicted octanol–water partition coefficient (Wildman–Crippen LogP) is 4.17. The van der Waals surface area contributed by atoms with E-state index in [0.29, 0.717) is 27.1 Å². The molecule has 0 unspecified atom stereocenters. The van der Waals surface area contributed by atoms with Crippen molar-refractivity contribution in [2.75, 3.05) is 0 Å². The maximum Gasteiger partial charge on any atom is 0.371 e. The first-order valence-electron chi connectivity index (χ1n) is 5.38. The van der Waals surface area contributed by atoms with Gasteiger partial charge < -0.3 is 14.3 Å². The number of hydrogen-bond donors (Lipinski definition) is 1. The molecule has 2 rings (SSSR count). The number of benzene rings is 1. The molecule has 0 amide bonds. The van der Waals surface area contributed by atoms with Crippen molar-refractivity contribution in [3.05, 3.63) is 51.4 Å². The van der Waals surface area contributed by atoms with Gasteiger partial charge in [0.1, 0.15) is 18.1 Å². The number of rotatable bonds is 4. The summed E-state index contributed by atoms with van der Waals surface area (Å²) < 4.78 is 10.6. The highest BCUT2D eigenvalue weighted by molar-refractivity contribution is 6.35. The molecular formula is C13H10Cl2O4. The molecular weight excluding hydrogens is 291 g/mol. The van der Waals surface area contributed by atoms with Crippen LogP contribution in [0.2, 0.25) is 10.0 Å². The summed E-state index contributed by atoms with van der Waals surface area (Å²) in [4.78, 5) is 10.8. The monoisotopic (exact) mass is 300 g/mol. The zero-order valence-corrected chi connectivity index (χ0v) is 11.5. The number of halogens is 2. The first kappa shape index (κ1) is 13.8. The summed E-state index contributed by atoms with van der Waals surface area (Å²) in [5.74, 6) is -0.247. The molecule has 0 radical (unpaired) electrons. The summed E-state index contributed by atoms with van der Waals surface area (Å²) in [5.41, 5.74) is 0.656. The van der Waals surface area contributed by atoms with Gasteiger partial charge in [-0.25, -0.2) is 4.79 Å². The highest BCUT2D eigenvalue weighted by atomic mass is 35.5. The van der Waals surface area contributed by atoms with Crippen LogP contribution in [0, 0.1) is 6.92 Å². The molecule has 0 bridgehead atoms. The third kappa shape index (κ3) is 3.22. The highest BCUT2D eigenvalue weighted by Gasteiger charge is 2.14. The Morgan fingerprint density at radius 3 is 2.68 bits per heavy atom. The van der Waals surface area contributed by atoms with Gasteiger partial charge >= 0.3 is 5.97 Å². The van der Waals surface area contributed by atoms with Crippen molar-refractivity contribution in [1.82, 2.24) is 0 Å². The van der Waals surface area contributed by atoms with E-state index in [1.807, 2.05) is 0 Å². The van der Waals surface area contributed by atoms with Crippen LogP contribution in [0.15, 0.2) is 28.7 Å². The van der Waals surface area contributed by atoms with E-state index in [4.69, 9.17) is 37.5 Å². The zero-order valence-electron chi connectivity index (χ0n) is 9.94. The second-order valence-electron chi connectivity index (χ2n) is 3.86. The molecule has 1 heterocycles. The van der Waals surface area contributed by atoms with E-state index >= 15 is 0 Å². The fourth-order valence-electron chi connectivity index (χ4n) is 1.52. The van der Waals surface area contributed by atoms with Crippen LogP contribution in [-0.2, 0) is 6.61 Å². The SMILES string of the molecule is Cc1oc(C(=O)O)cc1COc1ccc(Cl)cc1Cl. The zero-order chi connectivity index (χ0) is 14.0. The van der Waals surface area contributed by atoms with E-state index in [2.05, 4.69) is 0 Å². The Morgan fingerprint density at radius 2 is 2.11 bits per heavy atom. The molecule has 1 aromatic heterocycles. The summed E-state index contributed by atoms with van der Waals surface area (Å²) >= 11 is 11.7. The summed E-state index contributed by atoms with van der Waals surface area (Å²) in [5, 5.41) is 9.73. The molecule has 1 N–H and O–H groups in total. The molecule has 0 atom stereocenters. The minimum absolute atomic E-state index is 0.113. The molecule has 1 aromatic carbocycles. The van der Waals surface area contributed by atoms with Crippen LogP contribution in [0.5, 0.6) is 5.75 Å². The van der Waals surface area contributed by atoms with E-state index in [-0.39, 0.29) is 12.4 Å². The van der Waals surface area contributed by atoms with E-state index in [0.717, 1.165) is 0 Å². The fraction of sp³-hybridized carbons (Fsp3) is 0.154. The van der Waals surface area contributed by atoms with Gasteiger partial charge in [0, 0.05) is 10.6 Å². The smallest absolute Gasteiger partial charge is 0.371 e. The van der Waals surface area contributed by atoms with Crippen LogP contribution in [0.25, 0.3) is 0 Å².